The summed E-state index contributed by atoms with van der Waals surface area (Å²) in [7, 11) is 0. The van der Waals surface area contributed by atoms with Gasteiger partial charge in [-0.3, -0.25) is 0 Å². The van der Waals surface area contributed by atoms with E-state index in [1.165, 1.54) is 0 Å². The number of carbonyl (C=O) groups is 2. The number of ether oxygens (including phenoxy) is 2. The third-order valence-electron chi connectivity index (χ3n) is 3.97. The molecule has 1 aliphatic carbocycles. The summed E-state index contributed by atoms with van der Waals surface area (Å²) in [4.78, 5) is 24.6. The lowest BCUT2D eigenvalue weighted by Gasteiger charge is -2.21. The fraction of sp³-hybridized carbons (Fsp3) is 0.778. The van der Waals surface area contributed by atoms with Crippen molar-refractivity contribution in [1.82, 2.24) is 0 Å². The number of esters is 2. The van der Waals surface area contributed by atoms with Gasteiger partial charge in [-0.2, -0.15) is 0 Å². The minimum Gasteiger partial charge on any atom is -0.459 e. The molecule has 0 fully saturated rings. The van der Waals surface area contributed by atoms with Gasteiger partial charge in [0.2, 0.25) is 0 Å². The first-order valence-corrected chi connectivity index (χ1v) is 8.63. The van der Waals surface area contributed by atoms with Crippen LogP contribution in [0.2, 0.25) is 0 Å². The highest BCUT2D eigenvalue weighted by Gasteiger charge is 2.27. The van der Waals surface area contributed by atoms with Crippen LogP contribution < -0.4 is 0 Å². The minimum absolute atomic E-state index is 0.108. The van der Waals surface area contributed by atoms with Gasteiger partial charge in [-0.1, -0.05) is 26.7 Å². The normalized spacial score (nSPS) is 17.8. The SMILES string of the molecule is CCCC(C)OC(=O)C1=C(C(=O)OC(C)CCC)CCCC1. The molecule has 2 unspecified atom stereocenters. The first-order chi connectivity index (χ1) is 10.5. The second-order valence-electron chi connectivity index (χ2n) is 6.17. The largest absolute Gasteiger partial charge is 0.459 e. The predicted molar refractivity (Wildman–Crippen MR) is 86.4 cm³/mol. The maximum Gasteiger partial charge on any atom is 0.334 e. The van der Waals surface area contributed by atoms with Crippen molar-refractivity contribution in [2.24, 2.45) is 0 Å². The summed E-state index contributed by atoms with van der Waals surface area (Å²) >= 11 is 0. The number of hydrogen-bond donors (Lipinski definition) is 0. The summed E-state index contributed by atoms with van der Waals surface area (Å²) in [5.74, 6) is -0.675. The Bertz CT molecular complexity index is 373. The molecule has 0 heterocycles. The standard InChI is InChI=1S/C18H30O4/c1-5-9-13(3)21-17(19)15-11-7-8-12-16(15)18(20)22-14(4)10-6-2/h13-14H,5-12H2,1-4H3. The molecule has 4 nitrogen and oxygen atoms in total. The van der Waals surface area contributed by atoms with Gasteiger partial charge in [0.1, 0.15) is 0 Å². The Hall–Kier alpha value is -1.32. The van der Waals surface area contributed by atoms with Gasteiger partial charge in [-0.25, -0.2) is 9.59 Å². The molecule has 0 aliphatic heterocycles. The van der Waals surface area contributed by atoms with Crippen LogP contribution in [0.15, 0.2) is 11.1 Å². The van der Waals surface area contributed by atoms with E-state index in [1.54, 1.807) is 0 Å². The summed E-state index contributed by atoms with van der Waals surface area (Å²) in [6, 6.07) is 0. The fourth-order valence-electron chi connectivity index (χ4n) is 2.79. The maximum atomic E-state index is 12.3. The van der Waals surface area contributed by atoms with E-state index in [2.05, 4.69) is 13.8 Å². The highest BCUT2D eigenvalue weighted by Crippen LogP contribution is 2.27. The van der Waals surface area contributed by atoms with E-state index in [9.17, 15) is 9.59 Å². The molecular formula is C18H30O4. The van der Waals surface area contributed by atoms with Crippen molar-refractivity contribution in [3.8, 4) is 0 Å². The van der Waals surface area contributed by atoms with Crippen LogP contribution in [-0.4, -0.2) is 24.1 Å². The van der Waals surface area contributed by atoms with Gasteiger partial charge >= 0.3 is 11.9 Å². The van der Waals surface area contributed by atoms with Gasteiger partial charge in [-0.05, 0) is 52.4 Å². The fourth-order valence-corrected chi connectivity index (χ4v) is 2.79. The van der Waals surface area contributed by atoms with Crippen LogP contribution in [0.3, 0.4) is 0 Å². The zero-order valence-corrected chi connectivity index (χ0v) is 14.4. The molecule has 0 aromatic rings. The molecule has 0 amide bonds. The van der Waals surface area contributed by atoms with Gasteiger partial charge in [0.05, 0.1) is 12.2 Å². The molecule has 0 aromatic heterocycles. The smallest absolute Gasteiger partial charge is 0.334 e. The lowest BCUT2D eigenvalue weighted by molar-refractivity contribution is -0.147. The van der Waals surface area contributed by atoms with Crippen molar-refractivity contribution in [2.45, 2.75) is 91.3 Å². The molecule has 0 saturated carbocycles. The van der Waals surface area contributed by atoms with Gasteiger partial charge in [0, 0.05) is 11.1 Å². The average Bonchev–Trinajstić information content (AvgIpc) is 2.47. The van der Waals surface area contributed by atoms with Crippen LogP contribution in [0.1, 0.15) is 79.1 Å². The third kappa shape index (κ3) is 5.82. The Kier molecular flexibility index (Phi) is 8.21. The molecule has 0 spiro atoms. The van der Waals surface area contributed by atoms with Gasteiger partial charge < -0.3 is 9.47 Å². The van der Waals surface area contributed by atoms with E-state index in [-0.39, 0.29) is 24.1 Å². The maximum absolute atomic E-state index is 12.3. The van der Waals surface area contributed by atoms with Crippen molar-refractivity contribution in [1.29, 1.82) is 0 Å². The molecule has 1 rings (SSSR count). The third-order valence-corrected chi connectivity index (χ3v) is 3.97. The highest BCUT2D eigenvalue weighted by atomic mass is 16.5. The lowest BCUT2D eigenvalue weighted by Crippen LogP contribution is -2.24. The first-order valence-electron chi connectivity index (χ1n) is 8.63. The minimum atomic E-state index is -0.337. The lowest BCUT2D eigenvalue weighted by atomic mass is 9.91. The summed E-state index contributed by atoms with van der Waals surface area (Å²) in [5.41, 5.74) is 1.06. The average molecular weight is 310 g/mol. The topological polar surface area (TPSA) is 52.6 Å². The predicted octanol–water partition coefficient (Wildman–Crippen LogP) is 4.32. The Labute approximate surface area is 134 Å². The van der Waals surface area contributed by atoms with Crippen LogP contribution >= 0.6 is 0 Å². The van der Waals surface area contributed by atoms with E-state index in [1.807, 2.05) is 13.8 Å². The summed E-state index contributed by atoms with van der Waals surface area (Å²) in [6.07, 6.45) is 6.48. The second kappa shape index (κ2) is 9.65. The van der Waals surface area contributed by atoms with Gasteiger partial charge in [-0.15, -0.1) is 0 Å². The van der Waals surface area contributed by atoms with Gasteiger partial charge in [0.15, 0.2) is 0 Å². The first kappa shape index (κ1) is 18.7. The highest BCUT2D eigenvalue weighted by molar-refractivity contribution is 6.00. The van der Waals surface area contributed by atoms with Crippen LogP contribution in [0, 0.1) is 0 Å². The van der Waals surface area contributed by atoms with Crippen LogP contribution in [0.5, 0.6) is 0 Å². The zero-order chi connectivity index (χ0) is 16.5. The van der Waals surface area contributed by atoms with Crippen molar-refractivity contribution in [2.75, 3.05) is 0 Å². The molecule has 0 radical (unpaired) electrons. The Morgan fingerprint density at radius 3 is 1.55 bits per heavy atom. The van der Waals surface area contributed by atoms with Crippen LogP contribution in [-0.2, 0) is 19.1 Å². The molecule has 2 atom stereocenters. The molecule has 4 heteroatoms. The van der Waals surface area contributed by atoms with E-state index in [0.29, 0.717) is 24.0 Å². The molecular weight excluding hydrogens is 280 g/mol. The monoisotopic (exact) mass is 310 g/mol. The molecule has 0 aromatic carbocycles. The molecule has 22 heavy (non-hydrogen) atoms. The molecule has 126 valence electrons. The van der Waals surface area contributed by atoms with E-state index >= 15 is 0 Å². The quantitative estimate of drug-likeness (QED) is 0.626. The van der Waals surface area contributed by atoms with Crippen molar-refractivity contribution in [3.05, 3.63) is 11.1 Å². The number of carbonyl (C=O) groups excluding carboxylic acids is 2. The zero-order valence-electron chi connectivity index (χ0n) is 14.4. The second-order valence-corrected chi connectivity index (χ2v) is 6.17. The summed E-state index contributed by atoms with van der Waals surface area (Å²) in [5, 5.41) is 0. The molecule has 0 saturated heterocycles. The molecule has 0 N–H and O–H groups in total. The van der Waals surface area contributed by atoms with Crippen LogP contribution in [0.4, 0.5) is 0 Å². The van der Waals surface area contributed by atoms with Crippen molar-refractivity contribution >= 4 is 11.9 Å². The van der Waals surface area contributed by atoms with E-state index in [0.717, 1.165) is 38.5 Å². The van der Waals surface area contributed by atoms with E-state index < -0.39 is 0 Å². The molecule has 1 aliphatic rings. The number of rotatable bonds is 8. The summed E-state index contributed by atoms with van der Waals surface area (Å²) < 4.78 is 10.9. The Morgan fingerprint density at radius 2 is 1.23 bits per heavy atom. The van der Waals surface area contributed by atoms with Crippen LogP contribution in [0.25, 0.3) is 0 Å². The molecule has 0 bridgehead atoms. The Morgan fingerprint density at radius 1 is 0.864 bits per heavy atom. The van der Waals surface area contributed by atoms with E-state index in [4.69, 9.17) is 9.47 Å². The summed E-state index contributed by atoms with van der Waals surface area (Å²) in [6.45, 7) is 7.91. The van der Waals surface area contributed by atoms with Crippen molar-refractivity contribution in [3.63, 3.8) is 0 Å². The van der Waals surface area contributed by atoms with Crippen molar-refractivity contribution < 1.29 is 19.1 Å². The number of hydrogen-bond acceptors (Lipinski definition) is 4. The Balaban J connectivity index is 2.79. The van der Waals surface area contributed by atoms with Gasteiger partial charge in [0.25, 0.3) is 0 Å².